The van der Waals surface area contributed by atoms with Crippen LogP contribution in [0.3, 0.4) is 0 Å². The molecule has 0 heterocycles. The molecule has 0 fully saturated rings. The molecule has 0 aliphatic rings. The second kappa shape index (κ2) is 34.7. The van der Waals surface area contributed by atoms with Crippen molar-refractivity contribution in [2.75, 3.05) is 0 Å². The molecule has 0 saturated heterocycles. The minimum absolute atomic E-state index is 0.414. The normalized spacial score (nSPS) is 12.3. The number of rotatable bonds is 31. The maximum absolute atomic E-state index is 11.3. The zero-order valence-corrected chi connectivity index (χ0v) is 26.6. The molecule has 0 aliphatic carbocycles. The number of ketones is 1. The first-order valence-electron chi connectivity index (χ1n) is 17.4. The van der Waals surface area contributed by atoms with Gasteiger partial charge in [-0.25, -0.2) is 0 Å². The molecule has 1 heteroatoms. The van der Waals surface area contributed by atoms with Gasteiger partial charge in [0, 0.05) is 12.8 Å². The van der Waals surface area contributed by atoms with Crippen molar-refractivity contribution in [3.8, 4) is 0 Å². The van der Waals surface area contributed by atoms with E-state index in [1.165, 1.54) is 154 Å². The third-order valence-corrected chi connectivity index (χ3v) is 7.59. The highest BCUT2D eigenvalue weighted by molar-refractivity contribution is 5.77. The average molecular weight is 541 g/mol. The Kier molecular flexibility index (Phi) is 33.4. The highest BCUT2D eigenvalue weighted by Crippen LogP contribution is 2.11. The Balaban J connectivity index is 3.25. The van der Waals surface area contributed by atoms with Crippen LogP contribution in [0.1, 0.15) is 187 Å². The lowest BCUT2D eigenvalue weighted by atomic mass is 10.1. The smallest absolute Gasteiger partial charge is 0.132 e. The number of Topliss-reactive ketones (excluding diaryl/α,β-unsaturated/α-hetero) is 1. The summed E-state index contributed by atoms with van der Waals surface area (Å²) in [5.74, 6) is 0.414. The summed E-state index contributed by atoms with van der Waals surface area (Å²) in [7, 11) is 0. The van der Waals surface area contributed by atoms with Crippen molar-refractivity contribution in [2.24, 2.45) is 0 Å². The zero-order chi connectivity index (χ0) is 28.3. The second-order valence-electron chi connectivity index (χ2n) is 11.5. The van der Waals surface area contributed by atoms with Crippen LogP contribution in [0, 0.1) is 0 Å². The van der Waals surface area contributed by atoms with Gasteiger partial charge < -0.3 is 0 Å². The molecule has 0 aromatic heterocycles. The van der Waals surface area contributed by atoms with E-state index in [-0.39, 0.29) is 0 Å². The standard InChI is InChI=1S/C38H68O/c1-3-5-6-7-8-9-10-11-12-13-14-15-16-17-18-19-20-21-22-23-24-25-26-27-28-29-30-31-32-33-34-35-36-37-38(39)4-2/h10-11,17-18,24-25,31-32H,3-9,12-16,19-23,26-30,33-37H2,1-2H3/b11-10+,18-17+,25-24+,32-31+. The summed E-state index contributed by atoms with van der Waals surface area (Å²) in [6.07, 6.45) is 53.2. The Hall–Kier alpha value is -1.37. The van der Waals surface area contributed by atoms with Crippen LogP contribution in [0.25, 0.3) is 0 Å². The van der Waals surface area contributed by atoms with Gasteiger partial charge in [-0.15, -0.1) is 0 Å². The SMILES string of the molecule is CCCCCCC/C=C/CCCCC/C=C/CCCCC/C=C/CCCCC/C=C/CCCCCC(=O)CC. The Bertz CT molecular complexity index is 594. The molecule has 0 rings (SSSR count). The van der Waals surface area contributed by atoms with Gasteiger partial charge in [-0.05, 0) is 109 Å². The van der Waals surface area contributed by atoms with Crippen LogP contribution in [0.2, 0.25) is 0 Å². The number of carbonyl (C=O) groups is 1. The lowest BCUT2D eigenvalue weighted by Crippen LogP contribution is -1.93. The van der Waals surface area contributed by atoms with E-state index in [1.54, 1.807) is 0 Å². The fraction of sp³-hybridized carbons (Fsp3) is 0.763. The van der Waals surface area contributed by atoms with Crippen LogP contribution >= 0.6 is 0 Å². The van der Waals surface area contributed by atoms with E-state index in [2.05, 4.69) is 55.5 Å². The van der Waals surface area contributed by atoms with Gasteiger partial charge in [-0.1, -0.05) is 114 Å². The molecule has 0 atom stereocenters. The van der Waals surface area contributed by atoms with E-state index < -0.39 is 0 Å². The first-order valence-corrected chi connectivity index (χ1v) is 17.4. The molecule has 0 N–H and O–H groups in total. The van der Waals surface area contributed by atoms with Gasteiger partial charge in [0.2, 0.25) is 0 Å². The molecule has 0 bridgehead atoms. The van der Waals surface area contributed by atoms with E-state index in [4.69, 9.17) is 0 Å². The van der Waals surface area contributed by atoms with E-state index in [0.29, 0.717) is 12.2 Å². The van der Waals surface area contributed by atoms with Crippen LogP contribution < -0.4 is 0 Å². The lowest BCUT2D eigenvalue weighted by molar-refractivity contribution is -0.118. The van der Waals surface area contributed by atoms with E-state index in [9.17, 15) is 4.79 Å². The van der Waals surface area contributed by atoms with Crippen LogP contribution in [0.4, 0.5) is 0 Å². The molecule has 226 valence electrons. The van der Waals surface area contributed by atoms with Crippen molar-refractivity contribution in [1.82, 2.24) is 0 Å². The maximum Gasteiger partial charge on any atom is 0.132 e. The van der Waals surface area contributed by atoms with Gasteiger partial charge in [0.05, 0.1) is 0 Å². The Labute approximate surface area is 246 Å². The van der Waals surface area contributed by atoms with Crippen molar-refractivity contribution in [2.45, 2.75) is 187 Å². The maximum atomic E-state index is 11.3. The molecule has 1 nitrogen and oxygen atoms in total. The molecular weight excluding hydrogens is 472 g/mol. The molecule has 39 heavy (non-hydrogen) atoms. The summed E-state index contributed by atoms with van der Waals surface area (Å²) in [4.78, 5) is 11.3. The van der Waals surface area contributed by atoms with Gasteiger partial charge in [-0.3, -0.25) is 4.79 Å². The zero-order valence-electron chi connectivity index (χ0n) is 26.6. The fourth-order valence-electron chi connectivity index (χ4n) is 4.85. The molecule has 0 aromatic rings. The Morgan fingerprint density at radius 1 is 0.359 bits per heavy atom. The van der Waals surface area contributed by atoms with E-state index >= 15 is 0 Å². The molecule has 0 unspecified atom stereocenters. The minimum atomic E-state index is 0.414. The van der Waals surface area contributed by atoms with Gasteiger partial charge in [0.15, 0.2) is 0 Å². The van der Waals surface area contributed by atoms with Gasteiger partial charge in [0.1, 0.15) is 5.78 Å². The topological polar surface area (TPSA) is 17.1 Å². The van der Waals surface area contributed by atoms with Gasteiger partial charge >= 0.3 is 0 Å². The third kappa shape index (κ3) is 34.6. The van der Waals surface area contributed by atoms with Crippen molar-refractivity contribution in [1.29, 1.82) is 0 Å². The summed E-state index contributed by atoms with van der Waals surface area (Å²) in [5.41, 5.74) is 0. The number of hydrogen-bond donors (Lipinski definition) is 0. The highest BCUT2D eigenvalue weighted by Gasteiger charge is 1.96. The molecule has 0 radical (unpaired) electrons. The highest BCUT2D eigenvalue weighted by atomic mass is 16.1. The van der Waals surface area contributed by atoms with E-state index in [0.717, 1.165) is 12.8 Å². The minimum Gasteiger partial charge on any atom is -0.300 e. The Morgan fingerprint density at radius 2 is 0.615 bits per heavy atom. The van der Waals surface area contributed by atoms with Crippen molar-refractivity contribution >= 4 is 5.78 Å². The monoisotopic (exact) mass is 541 g/mol. The summed E-state index contributed by atoms with van der Waals surface area (Å²) < 4.78 is 0. The molecule has 0 spiro atoms. The summed E-state index contributed by atoms with van der Waals surface area (Å²) in [6, 6.07) is 0. The Morgan fingerprint density at radius 3 is 0.897 bits per heavy atom. The average Bonchev–Trinajstić information content (AvgIpc) is 2.95. The summed E-state index contributed by atoms with van der Waals surface area (Å²) >= 11 is 0. The second-order valence-corrected chi connectivity index (χ2v) is 11.5. The molecule has 0 amide bonds. The van der Waals surface area contributed by atoms with Crippen molar-refractivity contribution in [3.05, 3.63) is 48.6 Å². The molecular formula is C38H68O. The predicted molar refractivity (Wildman–Crippen MR) is 178 cm³/mol. The van der Waals surface area contributed by atoms with Gasteiger partial charge in [-0.2, -0.15) is 0 Å². The molecule has 0 saturated carbocycles. The molecule has 0 aromatic carbocycles. The number of allylic oxidation sites excluding steroid dienone is 8. The molecule has 0 aliphatic heterocycles. The first-order chi connectivity index (χ1) is 19.3. The first kappa shape index (κ1) is 37.6. The summed E-state index contributed by atoms with van der Waals surface area (Å²) in [6.45, 7) is 4.24. The third-order valence-electron chi connectivity index (χ3n) is 7.59. The van der Waals surface area contributed by atoms with Crippen molar-refractivity contribution in [3.63, 3.8) is 0 Å². The number of unbranched alkanes of at least 4 members (excludes halogenated alkanes) is 20. The van der Waals surface area contributed by atoms with Crippen molar-refractivity contribution < 1.29 is 4.79 Å². The summed E-state index contributed by atoms with van der Waals surface area (Å²) in [5, 5.41) is 0. The predicted octanol–water partition coefficient (Wildman–Crippen LogP) is 13.4. The van der Waals surface area contributed by atoms with E-state index in [1.807, 2.05) is 6.92 Å². The van der Waals surface area contributed by atoms with Gasteiger partial charge in [0.25, 0.3) is 0 Å². The number of carbonyl (C=O) groups excluding carboxylic acids is 1. The van der Waals surface area contributed by atoms with Crippen LogP contribution in [0.5, 0.6) is 0 Å². The lowest BCUT2D eigenvalue weighted by Gasteiger charge is -1.98. The largest absolute Gasteiger partial charge is 0.300 e. The fourth-order valence-corrected chi connectivity index (χ4v) is 4.85. The quantitative estimate of drug-likeness (QED) is 0.0631. The number of hydrogen-bond acceptors (Lipinski definition) is 1. The van der Waals surface area contributed by atoms with Crippen LogP contribution in [0.15, 0.2) is 48.6 Å². The van der Waals surface area contributed by atoms with Crippen LogP contribution in [-0.2, 0) is 4.79 Å². The van der Waals surface area contributed by atoms with Crippen LogP contribution in [-0.4, -0.2) is 5.78 Å².